The number of hydrogen-bond donors (Lipinski definition) is 1. The zero-order valence-corrected chi connectivity index (χ0v) is 4.57. The van der Waals surface area contributed by atoms with Gasteiger partial charge in [0.1, 0.15) is 0 Å². The highest BCUT2D eigenvalue weighted by molar-refractivity contribution is 9.10. The predicted molar refractivity (Wildman–Crippen MR) is 24.9 cm³/mol. The van der Waals surface area contributed by atoms with E-state index in [9.17, 15) is 0 Å². The fraction of sp³-hybridized carbons (Fsp3) is 0.667. The third-order valence-electron chi connectivity index (χ3n) is 0.182. The van der Waals surface area contributed by atoms with Gasteiger partial charge in [-0.15, -0.1) is 0 Å². The van der Waals surface area contributed by atoms with E-state index in [1.54, 1.807) is 6.92 Å². The minimum Gasteiger partial charge on any atom is -0.392 e. The molecule has 1 unspecified atom stereocenters. The summed E-state index contributed by atoms with van der Waals surface area (Å²) < 4.78 is 0. The molecular formula is C3H6BrO. The zero-order chi connectivity index (χ0) is 4.28. The van der Waals surface area contributed by atoms with Gasteiger partial charge >= 0.3 is 0 Å². The largest absolute Gasteiger partial charge is 0.392 e. The van der Waals surface area contributed by atoms with Gasteiger partial charge in [-0.1, -0.05) is 15.9 Å². The number of rotatable bonds is 1. The molecule has 0 spiro atoms. The maximum atomic E-state index is 8.26. The first kappa shape index (κ1) is 5.44. The molecule has 1 N–H and O–H groups in total. The van der Waals surface area contributed by atoms with Gasteiger partial charge in [-0.05, 0) is 6.92 Å². The van der Waals surface area contributed by atoms with E-state index in [-0.39, 0.29) is 6.10 Å². The van der Waals surface area contributed by atoms with Crippen LogP contribution in [0, 0.1) is 5.33 Å². The van der Waals surface area contributed by atoms with Crippen LogP contribution in [0.1, 0.15) is 6.92 Å². The van der Waals surface area contributed by atoms with Crippen molar-refractivity contribution < 1.29 is 5.11 Å². The Kier molecular flexibility index (Phi) is 2.90. The quantitative estimate of drug-likeness (QED) is 0.571. The van der Waals surface area contributed by atoms with E-state index in [4.69, 9.17) is 5.11 Å². The van der Waals surface area contributed by atoms with Crippen molar-refractivity contribution in [2.24, 2.45) is 0 Å². The summed E-state index contributed by atoms with van der Waals surface area (Å²) in [6.45, 7) is 1.68. The van der Waals surface area contributed by atoms with E-state index in [1.165, 1.54) is 5.33 Å². The van der Waals surface area contributed by atoms with Gasteiger partial charge in [0.2, 0.25) is 0 Å². The maximum Gasteiger partial charge on any atom is 0.0648 e. The van der Waals surface area contributed by atoms with Gasteiger partial charge < -0.3 is 5.11 Å². The number of halogens is 1. The summed E-state index contributed by atoms with van der Waals surface area (Å²) in [5.41, 5.74) is 0. The molecule has 1 atom stereocenters. The standard InChI is InChI=1S/C3H6BrO/c1-3(5)2-4/h2-3,5H,1H3. The molecule has 0 saturated carbocycles. The normalized spacial score (nSPS) is 15.0. The second-order valence-corrected chi connectivity index (χ2v) is 1.40. The van der Waals surface area contributed by atoms with Gasteiger partial charge in [0.15, 0.2) is 0 Å². The van der Waals surface area contributed by atoms with Crippen molar-refractivity contribution in [2.45, 2.75) is 13.0 Å². The SMILES string of the molecule is CC(O)[CH]Br. The summed E-state index contributed by atoms with van der Waals surface area (Å²) in [6.07, 6.45) is -0.324. The lowest BCUT2D eigenvalue weighted by atomic mass is 10.5. The van der Waals surface area contributed by atoms with Gasteiger partial charge in [0.05, 0.1) is 11.4 Å². The summed E-state index contributed by atoms with van der Waals surface area (Å²) in [6, 6.07) is 0. The number of aliphatic hydroxyl groups excluding tert-OH is 1. The molecule has 1 nitrogen and oxygen atoms in total. The molecule has 0 saturated heterocycles. The van der Waals surface area contributed by atoms with Crippen molar-refractivity contribution in [2.75, 3.05) is 0 Å². The first-order chi connectivity index (χ1) is 2.27. The Hall–Kier alpha value is 0.440. The molecule has 5 heavy (non-hydrogen) atoms. The fourth-order valence-corrected chi connectivity index (χ4v) is 0. The van der Waals surface area contributed by atoms with Crippen LogP contribution < -0.4 is 0 Å². The van der Waals surface area contributed by atoms with Crippen molar-refractivity contribution in [1.82, 2.24) is 0 Å². The summed E-state index contributed by atoms with van der Waals surface area (Å²) in [7, 11) is 0. The molecule has 1 radical (unpaired) electrons. The molecule has 0 aliphatic heterocycles. The van der Waals surface area contributed by atoms with E-state index in [2.05, 4.69) is 15.9 Å². The van der Waals surface area contributed by atoms with Crippen LogP contribution in [0.5, 0.6) is 0 Å². The molecule has 2 heteroatoms. The van der Waals surface area contributed by atoms with E-state index >= 15 is 0 Å². The molecule has 0 amide bonds. The highest BCUT2D eigenvalue weighted by atomic mass is 79.9. The third kappa shape index (κ3) is 4.44. The molecule has 0 heterocycles. The Bertz CT molecular complexity index is 20.9. The maximum absolute atomic E-state index is 8.26. The fourth-order valence-electron chi connectivity index (χ4n) is 0. The Labute approximate surface area is 40.1 Å². The highest BCUT2D eigenvalue weighted by Gasteiger charge is 1.84. The number of hydrogen-bond acceptors (Lipinski definition) is 1. The van der Waals surface area contributed by atoms with Crippen molar-refractivity contribution in [3.63, 3.8) is 0 Å². The van der Waals surface area contributed by atoms with Crippen molar-refractivity contribution in [3.8, 4) is 0 Å². The molecule has 31 valence electrons. The first-order valence-corrected chi connectivity index (χ1v) is 2.30. The number of aliphatic hydroxyl groups is 1. The van der Waals surface area contributed by atoms with Crippen LogP contribution in [0.3, 0.4) is 0 Å². The van der Waals surface area contributed by atoms with Gasteiger partial charge in [0.25, 0.3) is 0 Å². The predicted octanol–water partition coefficient (Wildman–Crippen LogP) is 0.924. The zero-order valence-electron chi connectivity index (χ0n) is 2.98. The summed E-state index contributed by atoms with van der Waals surface area (Å²) in [5.74, 6) is 0. The summed E-state index contributed by atoms with van der Waals surface area (Å²) >= 11 is 2.94. The van der Waals surface area contributed by atoms with Crippen LogP contribution in [-0.2, 0) is 0 Å². The molecule has 0 aliphatic rings. The van der Waals surface area contributed by atoms with Gasteiger partial charge in [0, 0.05) is 0 Å². The van der Waals surface area contributed by atoms with E-state index in [0.29, 0.717) is 0 Å². The smallest absolute Gasteiger partial charge is 0.0648 e. The van der Waals surface area contributed by atoms with Gasteiger partial charge in [-0.25, -0.2) is 0 Å². The van der Waals surface area contributed by atoms with Crippen molar-refractivity contribution >= 4 is 15.9 Å². The average molecular weight is 138 g/mol. The minimum atomic E-state index is -0.324. The van der Waals surface area contributed by atoms with Crippen molar-refractivity contribution in [1.29, 1.82) is 0 Å². The molecule has 0 rings (SSSR count). The second-order valence-electron chi connectivity index (χ2n) is 0.867. The first-order valence-electron chi connectivity index (χ1n) is 1.39. The summed E-state index contributed by atoms with van der Waals surface area (Å²) in [4.78, 5) is 0. The topological polar surface area (TPSA) is 20.2 Å². The average Bonchev–Trinajstić information content (AvgIpc) is 1.38. The summed E-state index contributed by atoms with van der Waals surface area (Å²) in [5, 5.41) is 9.79. The molecular weight excluding hydrogens is 132 g/mol. The van der Waals surface area contributed by atoms with Crippen LogP contribution in [0.2, 0.25) is 0 Å². The van der Waals surface area contributed by atoms with Crippen LogP contribution in [0.4, 0.5) is 0 Å². The Morgan fingerprint density at radius 2 is 2.20 bits per heavy atom. The molecule has 0 aromatic carbocycles. The Balaban J connectivity index is 2.54. The molecule has 0 aromatic rings. The van der Waals surface area contributed by atoms with Gasteiger partial charge in [-0.2, -0.15) is 0 Å². The Morgan fingerprint density at radius 1 is 2.00 bits per heavy atom. The lowest BCUT2D eigenvalue weighted by Crippen LogP contribution is -1.92. The lowest BCUT2D eigenvalue weighted by molar-refractivity contribution is 0.238. The van der Waals surface area contributed by atoms with Crippen LogP contribution >= 0.6 is 15.9 Å². The van der Waals surface area contributed by atoms with E-state index in [1.807, 2.05) is 0 Å². The highest BCUT2D eigenvalue weighted by Crippen LogP contribution is 1.92. The van der Waals surface area contributed by atoms with Crippen LogP contribution in [0.15, 0.2) is 0 Å². The molecule has 0 bridgehead atoms. The lowest BCUT2D eigenvalue weighted by Gasteiger charge is -1.88. The third-order valence-corrected chi connectivity index (χ3v) is 0.947. The minimum absolute atomic E-state index is 0.324. The van der Waals surface area contributed by atoms with E-state index < -0.39 is 0 Å². The van der Waals surface area contributed by atoms with Crippen LogP contribution in [0.25, 0.3) is 0 Å². The van der Waals surface area contributed by atoms with E-state index in [0.717, 1.165) is 0 Å². The van der Waals surface area contributed by atoms with Crippen molar-refractivity contribution in [3.05, 3.63) is 5.33 Å². The second kappa shape index (κ2) is 2.67. The monoisotopic (exact) mass is 137 g/mol. The molecule has 0 aliphatic carbocycles. The van der Waals surface area contributed by atoms with Crippen LogP contribution in [-0.4, -0.2) is 11.2 Å². The van der Waals surface area contributed by atoms with Gasteiger partial charge in [-0.3, -0.25) is 0 Å². The molecule has 0 fully saturated rings. The molecule has 0 aromatic heterocycles. The Morgan fingerprint density at radius 3 is 2.20 bits per heavy atom.